The Labute approximate surface area is 96.5 Å². The first kappa shape index (κ1) is 11.1. The molecule has 0 bridgehead atoms. The Morgan fingerprint density at radius 1 is 1.19 bits per heavy atom. The molecule has 2 heterocycles. The van der Waals surface area contributed by atoms with Gasteiger partial charge in [0.15, 0.2) is 5.78 Å². The number of Topliss-reactive ketones (excluding diaryl/α,β-unsaturated/α-hetero) is 1. The largest absolute Gasteiger partial charge is 0.357 e. The molecule has 2 rings (SSSR count). The molecule has 16 heavy (non-hydrogen) atoms. The van der Waals surface area contributed by atoms with Gasteiger partial charge in [-0.25, -0.2) is 4.98 Å². The molecule has 0 aromatic carbocycles. The van der Waals surface area contributed by atoms with E-state index < -0.39 is 0 Å². The number of pyridine rings is 1. The maximum absolute atomic E-state index is 11.1. The molecule has 0 atom stereocenters. The highest BCUT2D eigenvalue weighted by Gasteiger charge is 2.11. The van der Waals surface area contributed by atoms with Crippen LogP contribution in [0.1, 0.15) is 43.0 Å². The fraction of sp³-hybridized carbons (Fsp3) is 0.538. The third-order valence-corrected chi connectivity index (χ3v) is 3.08. The van der Waals surface area contributed by atoms with E-state index in [1.54, 1.807) is 13.1 Å². The van der Waals surface area contributed by atoms with Crippen molar-refractivity contribution in [2.45, 2.75) is 32.6 Å². The molecule has 0 radical (unpaired) electrons. The number of anilines is 1. The number of aromatic nitrogens is 1. The van der Waals surface area contributed by atoms with Gasteiger partial charge in [-0.05, 0) is 31.9 Å². The van der Waals surface area contributed by atoms with E-state index in [1.165, 1.54) is 25.7 Å². The Morgan fingerprint density at radius 3 is 2.38 bits per heavy atom. The first-order valence-corrected chi connectivity index (χ1v) is 5.99. The van der Waals surface area contributed by atoms with Crippen LogP contribution in [0.25, 0.3) is 0 Å². The van der Waals surface area contributed by atoms with E-state index in [4.69, 9.17) is 0 Å². The van der Waals surface area contributed by atoms with Crippen LogP contribution in [0.4, 0.5) is 5.82 Å². The average Bonchev–Trinajstić information content (AvgIpc) is 2.57. The number of nitrogens with zero attached hydrogens (tertiary/aromatic N) is 2. The summed E-state index contributed by atoms with van der Waals surface area (Å²) >= 11 is 0. The number of rotatable bonds is 2. The monoisotopic (exact) mass is 218 g/mol. The molecule has 3 nitrogen and oxygen atoms in total. The number of carbonyl (C=O) groups excluding carboxylic acids is 1. The lowest BCUT2D eigenvalue weighted by molar-refractivity contribution is 0.101. The quantitative estimate of drug-likeness (QED) is 0.715. The number of carbonyl (C=O) groups is 1. The fourth-order valence-corrected chi connectivity index (χ4v) is 2.08. The first-order valence-electron chi connectivity index (χ1n) is 5.99. The van der Waals surface area contributed by atoms with Gasteiger partial charge in [-0.15, -0.1) is 0 Å². The van der Waals surface area contributed by atoms with Crippen LogP contribution < -0.4 is 4.90 Å². The average molecular weight is 218 g/mol. The van der Waals surface area contributed by atoms with Crippen molar-refractivity contribution in [1.29, 1.82) is 0 Å². The van der Waals surface area contributed by atoms with Gasteiger partial charge >= 0.3 is 0 Å². The van der Waals surface area contributed by atoms with Crippen molar-refractivity contribution in [3.8, 4) is 0 Å². The van der Waals surface area contributed by atoms with Crippen molar-refractivity contribution < 1.29 is 4.79 Å². The molecule has 0 spiro atoms. The van der Waals surface area contributed by atoms with Crippen LogP contribution in [0.2, 0.25) is 0 Å². The minimum atomic E-state index is 0.0786. The Balaban J connectivity index is 2.10. The molecule has 0 unspecified atom stereocenters. The normalized spacial score (nSPS) is 16.9. The second-order valence-electron chi connectivity index (χ2n) is 4.36. The van der Waals surface area contributed by atoms with Gasteiger partial charge in [-0.3, -0.25) is 4.79 Å². The topological polar surface area (TPSA) is 33.2 Å². The highest BCUT2D eigenvalue weighted by molar-refractivity contribution is 5.93. The fourth-order valence-electron chi connectivity index (χ4n) is 2.08. The van der Waals surface area contributed by atoms with E-state index in [0.717, 1.165) is 18.9 Å². The highest BCUT2D eigenvalue weighted by Crippen LogP contribution is 2.17. The van der Waals surface area contributed by atoms with Gasteiger partial charge in [0.25, 0.3) is 0 Å². The van der Waals surface area contributed by atoms with Crippen LogP contribution in [0.3, 0.4) is 0 Å². The minimum Gasteiger partial charge on any atom is -0.357 e. The standard InChI is InChI=1S/C13H18N2O/c1-11(16)12-6-7-13(14-10-12)15-8-4-2-3-5-9-15/h6-7,10H,2-5,8-9H2,1H3. The summed E-state index contributed by atoms with van der Waals surface area (Å²) in [7, 11) is 0. The van der Waals surface area contributed by atoms with Gasteiger partial charge in [0.1, 0.15) is 5.82 Å². The van der Waals surface area contributed by atoms with Crippen LogP contribution >= 0.6 is 0 Å². The first-order chi connectivity index (χ1) is 7.77. The van der Waals surface area contributed by atoms with Crippen molar-refractivity contribution in [2.24, 2.45) is 0 Å². The smallest absolute Gasteiger partial charge is 0.161 e. The molecule has 0 aliphatic carbocycles. The van der Waals surface area contributed by atoms with E-state index in [0.29, 0.717) is 5.56 Å². The molecular formula is C13H18N2O. The maximum atomic E-state index is 11.1. The molecule has 0 N–H and O–H groups in total. The number of ketones is 1. The third-order valence-electron chi connectivity index (χ3n) is 3.08. The maximum Gasteiger partial charge on any atom is 0.161 e. The molecule has 1 aliphatic rings. The molecule has 1 aromatic rings. The molecule has 1 aliphatic heterocycles. The Bertz CT molecular complexity index is 351. The van der Waals surface area contributed by atoms with Crippen molar-refractivity contribution >= 4 is 11.6 Å². The van der Waals surface area contributed by atoms with E-state index in [-0.39, 0.29) is 5.78 Å². The summed E-state index contributed by atoms with van der Waals surface area (Å²) in [6.07, 6.45) is 6.82. The molecule has 3 heteroatoms. The van der Waals surface area contributed by atoms with Gasteiger partial charge in [0.05, 0.1) is 0 Å². The second-order valence-corrected chi connectivity index (χ2v) is 4.36. The summed E-state index contributed by atoms with van der Waals surface area (Å²) in [5.74, 6) is 1.09. The Hall–Kier alpha value is -1.38. The molecule has 0 amide bonds. The second kappa shape index (κ2) is 5.10. The van der Waals surface area contributed by atoms with Crippen LogP contribution in [-0.4, -0.2) is 23.9 Å². The Morgan fingerprint density at radius 2 is 1.88 bits per heavy atom. The van der Waals surface area contributed by atoms with Crippen molar-refractivity contribution in [1.82, 2.24) is 4.98 Å². The summed E-state index contributed by atoms with van der Waals surface area (Å²) in [6.45, 7) is 3.75. The van der Waals surface area contributed by atoms with Gasteiger partial charge in [-0.2, -0.15) is 0 Å². The van der Waals surface area contributed by atoms with Gasteiger partial charge in [0.2, 0.25) is 0 Å². The summed E-state index contributed by atoms with van der Waals surface area (Å²) in [6, 6.07) is 3.83. The van der Waals surface area contributed by atoms with E-state index in [1.807, 2.05) is 12.1 Å². The lowest BCUT2D eigenvalue weighted by Gasteiger charge is -2.21. The third kappa shape index (κ3) is 2.60. The van der Waals surface area contributed by atoms with Crippen LogP contribution in [0.5, 0.6) is 0 Å². The molecule has 1 aromatic heterocycles. The zero-order valence-corrected chi connectivity index (χ0v) is 9.78. The zero-order valence-electron chi connectivity index (χ0n) is 9.78. The number of hydrogen-bond donors (Lipinski definition) is 0. The summed E-state index contributed by atoms with van der Waals surface area (Å²) < 4.78 is 0. The highest BCUT2D eigenvalue weighted by atomic mass is 16.1. The molecular weight excluding hydrogens is 200 g/mol. The summed E-state index contributed by atoms with van der Waals surface area (Å²) in [5, 5.41) is 0. The predicted octanol–water partition coefficient (Wildman–Crippen LogP) is 2.66. The van der Waals surface area contributed by atoms with Crippen molar-refractivity contribution in [2.75, 3.05) is 18.0 Å². The van der Waals surface area contributed by atoms with Gasteiger partial charge < -0.3 is 4.90 Å². The Kier molecular flexibility index (Phi) is 3.54. The SMILES string of the molecule is CC(=O)c1ccc(N2CCCCCC2)nc1. The van der Waals surface area contributed by atoms with Gasteiger partial charge in [-0.1, -0.05) is 12.8 Å². The van der Waals surface area contributed by atoms with Crippen molar-refractivity contribution in [3.05, 3.63) is 23.9 Å². The van der Waals surface area contributed by atoms with E-state index >= 15 is 0 Å². The molecule has 1 fully saturated rings. The van der Waals surface area contributed by atoms with Crippen LogP contribution in [-0.2, 0) is 0 Å². The van der Waals surface area contributed by atoms with E-state index in [2.05, 4.69) is 9.88 Å². The summed E-state index contributed by atoms with van der Waals surface area (Å²) in [4.78, 5) is 17.8. The van der Waals surface area contributed by atoms with Crippen LogP contribution in [0, 0.1) is 0 Å². The number of hydrogen-bond acceptors (Lipinski definition) is 3. The lowest BCUT2D eigenvalue weighted by Crippen LogP contribution is -2.24. The lowest BCUT2D eigenvalue weighted by atomic mass is 10.2. The summed E-state index contributed by atoms with van der Waals surface area (Å²) in [5.41, 5.74) is 0.693. The minimum absolute atomic E-state index is 0.0786. The van der Waals surface area contributed by atoms with Crippen LogP contribution in [0.15, 0.2) is 18.3 Å². The molecule has 86 valence electrons. The molecule has 1 saturated heterocycles. The zero-order chi connectivity index (χ0) is 11.4. The van der Waals surface area contributed by atoms with E-state index in [9.17, 15) is 4.79 Å². The molecule has 0 saturated carbocycles. The van der Waals surface area contributed by atoms with Gasteiger partial charge in [0, 0.05) is 24.8 Å². The predicted molar refractivity (Wildman–Crippen MR) is 64.9 cm³/mol. The van der Waals surface area contributed by atoms with Crippen molar-refractivity contribution in [3.63, 3.8) is 0 Å².